The maximum absolute atomic E-state index is 11.7. The van der Waals surface area contributed by atoms with E-state index in [1.807, 2.05) is 37.3 Å². The van der Waals surface area contributed by atoms with Crippen LogP contribution in [0.15, 0.2) is 30.3 Å². The number of carbonyl (C=O) groups excluding carboxylic acids is 1. The Labute approximate surface area is 95.5 Å². The van der Waals surface area contributed by atoms with Crippen molar-refractivity contribution >= 4 is 5.91 Å². The Morgan fingerprint density at radius 1 is 1.44 bits per heavy atom. The molecule has 0 heterocycles. The van der Waals surface area contributed by atoms with E-state index in [2.05, 4.69) is 5.32 Å². The normalized spacial score (nSPS) is 14.2. The summed E-state index contributed by atoms with van der Waals surface area (Å²) >= 11 is 0. The van der Waals surface area contributed by atoms with Gasteiger partial charge in [0, 0.05) is 0 Å². The number of aliphatic hydroxyl groups is 1. The third-order valence-electron chi connectivity index (χ3n) is 2.50. The minimum absolute atomic E-state index is 0.0657. The summed E-state index contributed by atoms with van der Waals surface area (Å²) in [6, 6.07) is 8.27. The molecule has 1 aromatic carbocycles. The molecule has 4 N–H and O–H groups in total. The van der Waals surface area contributed by atoms with Gasteiger partial charge < -0.3 is 16.2 Å². The zero-order valence-corrected chi connectivity index (χ0v) is 9.39. The summed E-state index contributed by atoms with van der Waals surface area (Å²) in [7, 11) is 0. The molecule has 0 aliphatic carbocycles. The average Bonchev–Trinajstić information content (AvgIpc) is 2.35. The van der Waals surface area contributed by atoms with Crippen LogP contribution in [0.25, 0.3) is 0 Å². The number of aliphatic hydroxyl groups excluding tert-OH is 1. The van der Waals surface area contributed by atoms with Crippen molar-refractivity contribution in [1.82, 2.24) is 5.32 Å². The van der Waals surface area contributed by atoms with Gasteiger partial charge >= 0.3 is 0 Å². The zero-order chi connectivity index (χ0) is 12.0. The summed E-state index contributed by atoms with van der Waals surface area (Å²) in [6.45, 7) is 1.83. The van der Waals surface area contributed by atoms with Gasteiger partial charge in [-0.15, -0.1) is 0 Å². The molecule has 0 aliphatic heterocycles. The van der Waals surface area contributed by atoms with Crippen molar-refractivity contribution in [3.05, 3.63) is 35.9 Å². The van der Waals surface area contributed by atoms with Gasteiger partial charge in [0.1, 0.15) is 6.04 Å². The van der Waals surface area contributed by atoms with Crippen LogP contribution in [0.4, 0.5) is 0 Å². The minimum atomic E-state index is -0.679. The Morgan fingerprint density at radius 3 is 2.56 bits per heavy atom. The van der Waals surface area contributed by atoms with Crippen molar-refractivity contribution in [1.29, 1.82) is 0 Å². The Balaban J connectivity index is 2.61. The standard InChI is InChI=1S/C12H18N2O2/c1-2-10(8-15)14-12(16)11(13)9-6-4-3-5-7-9/h3-7,10-11,15H,2,8,13H2,1H3,(H,14,16)/t10?,11-/m1/s1. The van der Waals surface area contributed by atoms with Crippen molar-refractivity contribution in [2.75, 3.05) is 6.61 Å². The van der Waals surface area contributed by atoms with Crippen molar-refractivity contribution in [3.63, 3.8) is 0 Å². The van der Waals surface area contributed by atoms with Crippen LogP contribution in [0.1, 0.15) is 24.9 Å². The molecule has 88 valence electrons. The van der Waals surface area contributed by atoms with E-state index in [4.69, 9.17) is 10.8 Å². The fourth-order valence-corrected chi connectivity index (χ4v) is 1.38. The zero-order valence-electron chi connectivity index (χ0n) is 9.39. The van der Waals surface area contributed by atoms with Crippen LogP contribution in [0.5, 0.6) is 0 Å². The van der Waals surface area contributed by atoms with Crippen molar-refractivity contribution in [2.24, 2.45) is 5.73 Å². The van der Waals surface area contributed by atoms with E-state index in [1.54, 1.807) is 0 Å². The van der Waals surface area contributed by atoms with Gasteiger partial charge in [-0.1, -0.05) is 37.3 Å². The molecule has 0 saturated heterocycles. The van der Waals surface area contributed by atoms with E-state index >= 15 is 0 Å². The fraction of sp³-hybridized carbons (Fsp3) is 0.417. The number of benzene rings is 1. The summed E-state index contributed by atoms with van der Waals surface area (Å²) in [5.74, 6) is -0.257. The van der Waals surface area contributed by atoms with Crippen LogP contribution in [-0.2, 0) is 4.79 Å². The quantitative estimate of drug-likeness (QED) is 0.682. The molecule has 4 heteroatoms. The third kappa shape index (κ3) is 3.32. The molecule has 0 aromatic heterocycles. The Bertz CT molecular complexity index is 323. The number of rotatable bonds is 5. The lowest BCUT2D eigenvalue weighted by Gasteiger charge is -2.17. The number of nitrogens with one attached hydrogen (secondary N) is 1. The van der Waals surface area contributed by atoms with Crippen molar-refractivity contribution < 1.29 is 9.90 Å². The first kappa shape index (κ1) is 12.7. The van der Waals surface area contributed by atoms with E-state index in [0.29, 0.717) is 6.42 Å². The lowest BCUT2D eigenvalue weighted by molar-refractivity contribution is -0.123. The molecule has 0 spiro atoms. The average molecular weight is 222 g/mol. The Kier molecular flexibility index (Phi) is 4.95. The molecular formula is C12H18N2O2. The molecule has 16 heavy (non-hydrogen) atoms. The lowest BCUT2D eigenvalue weighted by Crippen LogP contribution is -2.42. The number of hydrogen-bond acceptors (Lipinski definition) is 3. The molecule has 1 rings (SSSR count). The van der Waals surface area contributed by atoms with Crippen LogP contribution in [-0.4, -0.2) is 23.7 Å². The molecule has 0 radical (unpaired) electrons. The van der Waals surface area contributed by atoms with E-state index < -0.39 is 6.04 Å². The Morgan fingerprint density at radius 2 is 2.06 bits per heavy atom. The van der Waals surface area contributed by atoms with Gasteiger partial charge in [0.05, 0.1) is 12.6 Å². The number of nitrogens with two attached hydrogens (primary N) is 1. The molecule has 0 saturated carbocycles. The summed E-state index contributed by atoms with van der Waals surface area (Å²) in [5.41, 5.74) is 6.57. The highest BCUT2D eigenvalue weighted by atomic mass is 16.3. The van der Waals surface area contributed by atoms with E-state index in [0.717, 1.165) is 5.56 Å². The maximum atomic E-state index is 11.7. The maximum Gasteiger partial charge on any atom is 0.241 e. The SMILES string of the molecule is CCC(CO)NC(=O)[C@H](N)c1ccccc1. The van der Waals surface area contributed by atoms with Gasteiger partial charge in [0.15, 0.2) is 0 Å². The van der Waals surface area contributed by atoms with Crippen LogP contribution in [0.3, 0.4) is 0 Å². The third-order valence-corrected chi connectivity index (χ3v) is 2.50. The highest BCUT2D eigenvalue weighted by Gasteiger charge is 2.17. The van der Waals surface area contributed by atoms with E-state index in [-0.39, 0.29) is 18.6 Å². The molecule has 1 aromatic rings. The molecule has 4 nitrogen and oxygen atoms in total. The van der Waals surface area contributed by atoms with Crippen molar-refractivity contribution in [2.45, 2.75) is 25.4 Å². The Hall–Kier alpha value is -1.39. The number of hydrogen-bond donors (Lipinski definition) is 3. The summed E-state index contributed by atoms with van der Waals surface area (Å²) < 4.78 is 0. The topological polar surface area (TPSA) is 75.3 Å². The van der Waals surface area contributed by atoms with Gasteiger partial charge in [-0.3, -0.25) is 4.79 Å². The molecule has 1 unspecified atom stereocenters. The number of carbonyl (C=O) groups is 1. The monoisotopic (exact) mass is 222 g/mol. The lowest BCUT2D eigenvalue weighted by atomic mass is 10.1. The van der Waals surface area contributed by atoms with Gasteiger partial charge in [0.25, 0.3) is 0 Å². The summed E-state index contributed by atoms with van der Waals surface area (Å²) in [5, 5.41) is 11.7. The van der Waals surface area contributed by atoms with Crippen LogP contribution < -0.4 is 11.1 Å². The highest BCUT2D eigenvalue weighted by molar-refractivity contribution is 5.83. The van der Waals surface area contributed by atoms with Gasteiger partial charge in [-0.05, 0) is 12.0 Å². The number of amides is 1. The van der Waals surface area contributed by atoms with Gasteiger partial charge in [0.2, 0.25) is 5.91 Å². The van der Waals surface area contributed by atoms with Gasteiger partial charge in [-0.25, -0.2) is 0 Å². The first-order chi connectivity index (χ1) is 7.69. The van der Waals surface area contributed by atoms with Crippen LogP contribution in [0, 0.1) is 0 Å². The van der Waals surface area contributed by atoms with Gasteiger partial charge in [-0.2, -0.15) is 0 Å². The molecule has 0 bridgehead atoms. The van der Waals surface area contributed by atoms with E-state index in [1.165, 1.54) is 0 Å². The second-order valence-electron chi connectivity index (χ2n) is 3.68. The van der Waals surface area contributed by atoms with Crippen LogP contribution in [0.2, 0.25) is 0 Å². The highest BCUT2D eigenvalue weighted by Crippen LogP contribution is 2.09. The smallest absolute Gasteiger partial charge is 0.241 e. The van der Waals surface area contributed by atoms with Crippen molar-refractivity contribution in [3.8, 4) is 0 Å². The van der Waals surface area contributed by atoms with Crippen LogP contribution >= 0.6 is 0 Å². The fourth-order valence-electron chi connectivity index (χ4n) is 1.38. The minimum Gasteiger partial charge on any atom is -0.394 e. The molecule has 1 amide bonds. The first-order valence-corrected chi connectivity index (χ1v) is 5.40. The molecular weight excluding hydrogens is 204 g/mol. The molecule has 0 aliphatic rings. The largest absolute Gasteiger partial charge is 0.394 e. The molecule has 0 fully saturated rings. The summed E-state index contributed by atoms with van der Waals surface area (Å²) in [4.78, 5) is 11.7. The predicted molar refractivity (Wildman–Crippen MR) is 62.7 cm³/mol. The molecule has 2 atom stereocenters. The van der Waals surface area contributed by atoms with E-state index in [9.17, 15) is 4.79 Å². The second kappa shape index (κ2) is 6.25. The summed E-state index contributed by atoms with van der Waals surface area (Å²) in [6.07, 6.45) is 0.684. The first-order valence-electron chi connectivity index (χ1n) is 5.40. The second-order valence-corrected chi connectivity index (χ2v) is 3.68. The predicted octanol–water partition coefficient (Wildman–Crippen LogP) is 0.573.